The van der Waals surface area contributed by atoms with E-state index >= 15 is 0 Å². The zero-order chi connectivity index (χ0) is 11.0. The van der Waals surface area contributed by atoms with Crippen LogP contribution in [0.25, 0.3) is 10.2 Å². The number of nitrogen functional groups attached to an aromatic ring is 1. The third-order valence-corrected chi connectivity index (χ3v) is 3.14. The third-order valence-electron chi connectivity index (χ3n) is 1.67. The summed E-state index contributed by atoms with van der Waals surface area (Å²) in [6.07, 6.45) is 0. The molecule has 15 heavy (non-hydrogen) atoms. The molecule has 1 aromatic carbocycles. The molecule has 0 saturated heterocycles. The Bertz CT molecular complexity index is 503. The molecule has 0 radical (unpaired) electrons. The number of fused-ring (bicyclic) bond motifs is 1. The molecule has 3 nitrogen and oxygen atoms in total. The van der Waals surface area contributed by atoms with Crippen LogP contribution in [-0.4, -0.2) is 11.6 Å². The summed E-state index contributed by atoms with van der Waals surface area (Å²) in [5, 5.41) is 0.395. The standard InChI is InChI=1S/C8H5BrF2N2OS/c9-3-1-6-4(13-8(12)15-6)2-5(3)14-7(10)11/h1-2,7H,(H2,12,13). The van der Waals surface area contributed by atoms with Crippen molar-refractivity contribution in [2.75, 3.05) is 5.73 Å². The van der Waals surface area contributed by atoms with Crippen molar-refractivity contribution in [3.63, 3.8) is 0 Å². The van der Waals surface area contributed by atoms with E-state index < -0.39 is 6.61 Å². The van der Waals surface area contributed by atoms with Crippen molar-refractivity contribution >= 4 is 42.6 Å². The average Bonchev–Trinajstić information content (AvgIpc) is 2.44. The Labute approximate surface area is 96.0 Å². The molecule has 0 bridgehead atoms. The minimum atomic E-state index is -2.85. The number of nitrogens with two attached hydrogens (primary N) is 1. The number of nitrogens with zero attached hydrogens (tertiary/aromatic N) is 1. The Hall–Kier alpha value is -0.950. The molecular formula is C8H5BrF2N2OS. The van der Waals surface area contributed by atoms with Crippen LogP contribution < -0.4 is 10.5 Å². The van der Waals surface area contributed by atoms with Gasteiger partial charge in [-0.2, -0.15) is 8.78 Å². The lowest BCUT2D eigenvalue weighted by Crippen LogP contribution is -2.02. The first-order valence-corrected chi connectivity index (χ1v) is 5.47. The van der Waals surface area contributed by atoms with Crippen molar-refractivity contribution in [3.05, 3.63) is 16.6 Å². The molecule has 0 fully saturated rings. The predicted molar refractivity (Wildman–Crippen MR) is 58.4 cm³/mol. The van der Waals surface area contributed by atoms with Gasteiger partial charge >= 0.3 is 6.61 Å². The highest BCUT2D eigenvalue weighted by atomic mass is 79.9. The first-order chi connectivity index (χ1) is 7.06. The van der Waals surface area contributed by atoms with E-state index in [0.717, 1.165) is 4.70 Å². The van der Waals surface area contributed by atoms with Crippen LogP contribution in [0.5, 0.6) is 5.75 Å². The van der Waals surface area contributed by atoms with Gasteiger partial charge in [0.2, 0.25) is 0 Å². The molecule has 0 aliphatic heterocycles. The second-order valence-corrected chi connectivity index (χ2v) is 4.60. The van der Waals surface area contributed by atoms with Crippen LogP contribution in [0.1, 0.15) is 0 Å². The second kappa shape index (κ2) is 3.90. The summed E-state index contributed by atoms with van der Waals surface area (Å²) in [6, 6.07) is 3.08. The first kappa shape index (κ1) is 10.6. The lowest BCUT2D eigenvalue weighted by atomic mass is 10.3. The zero-order valence-electron chi connectivity index (χ0n) is 7.21. The zero-order valence-corrected chi connectivity index (χ0v) is 9.61. The largest absolute Gasteiger partial charge is 0.434 e. The van der Waals surface area contributed by atoms with E-state index in [1.807, 2.05) is 0 Å². The van der Waals surface area contributed by atoms with E-state index in [1.165, 1.54) is 17.4 Å². The smallest absolute Gasteiger partial charge is 0.387 e. The van der Waals surface area contributed by atoms with Crippen LogP contribution >= 0.6 is 27.3 Å². The van der Waals surface area contributed by atoms with Gasteiger partial charge in [0.15, 0.2) is 5.13 Å². The molecule has 0 saturated carbocycles. The molecule has 1 heterocycles. The number of aromatic nitrogens is 1. The van der Waals surface area contributed by atoms with Gasteiger partial charge in [0.05, 0.1) is 14.7 Å². The van der Waals surface area contributed by atoms with Crippen LogP contribution in [0.2, 0.25) is 0 Å². The quantitative estimate of drug-likeness (QED) is 0.925. The van der Waals surface area contributed by atoms with E-state index in [0.29, 0.717) is 15.1 Å². The summed E-state index contributed by atoms with van der Waals surface area (Å²) >= 11 is 4.42. The van der Waals surface area contributed by atoms with E-state index in [-0.39, 0.29) is 5.75 Å². The van der Waals surface area contributed by atoms with E-state index in [9.17, 15) is 8.78 Å². The number of ether oxygens (including phenoxy) is 1. The van der Waals surface area contributed by atoms with Crippen molar-refractivity contribution in [2.24, 2.45) is 0 Å². The molecule has 0 amide bonds. The molecule has 2 N–H and O–H groups in total. The Balaban J connectivity index is 2.51. The van der Waals surface area contributed by atoms with E-state index in [2.05, 4.69) is 25.7 Å². The van der Waals surface area contributed by atoms with Crippen molar-refractivity contribution < 1.29 is 13.5 Å². The molecule has 80 valence electrons. The summed E-state index contributed by atoms with van der Waals surface area (Å²) in [4.78, 5) is 3.97. The molecule has 0 unspecified atom stereocenters. The Morgan fingerprint density at radius 2 is 2.20 bits per heavy atom. The topological polar surface area (TPSA) is 48.1 Å². The van der Waals surface area contributed by atoms with Gasteiger partial charge in [-0.25, -0.2) is 4.98 Å². The van der Waals surface area contributed by atoms with Gasteiger partial charge < -0.3 is 10.5 Å². The van der Waals surface area contributed by atoms with E-state index in [4.69, 9.17) is 5.73 Å². The minimum Gasteiger partial charge on any atom is -0.434 e. The maximum atomic E-state index is 12.0. The number of rotatable bonds is 2. The molecule has 1 aromatic heterocycles. The molecule has 2 aromatic rings. The van der Waals surface area contributed by atoms with Crippen molar-refractivity contribution in [1.29, 1.82) is 0 Å². The Morgan fingerprint density at radius 1 is 1.47 bits per heavy atom. The average molecular weight is 295 g/mol. The summed E-state index contributed by atoms with van der Waals surface area (Å²) in [6.45, 7) is -2.85. The molecule has 0 aliphatic rings. The lowest BCUT2D eigenvalue weighted by molar-refractivity contribution is -0.0502. The van der Waals surface area contributed by atoms with Crippen molar-refractivity contribution in [1.82, 2.24) is 4.98 Å². The SMILES string of the molecule is Nc1nc2cc(OC(F)F)c(Br)cc2s1. The summed E-state index contributed by atoms with van der Waals surface area (Å²) < 4.78 is 29.6. The van der Waals surface area contributed by atoms with Gasteiger partial charge in [-0.05, 0) is 22.0 Å². The Morgan fingerprint density at radius 3 is 2.87 bits per heavy atom. The van der Waals surface area contributed by atoms with Crippen LogP contribution in [0, 0.1) is 0 Å². The lowest BCUT2D eigenvalue weighted by Gasteiger charge is -2.05. The van der Waals surface area contributed by atoms with Gasteiger partial charge in [0, 0.05) is 6.07 Å². The maximum Gasteiger partial charge on any atom is 0.387 e. The summed E-state index contributed by atoms with van der Waals surface area (Å²) in [5.74, 6) is 0.0581. The predicted octanol–water partition coefficient (Wildman–Crippen LogP) is 3.24. The van der Waals surface area contributed by atoms with Crippen molar-refractivity contribution in [2.45, 2.75) is 6.61 Å². The number of benzene rings is 1. The monoisotopic (exact) mass is 294 g/mol. The molecule has 0 spiro atoms. The number of hydrogen-bond acceptors (Lipinski definition) is 4. The van der Waals surface area contributed by atoms with Crippen LogP contribution in [-0.2, 0) is 0 Å². The maximum absolute atomic E-state index is 12.0. The van der Waals surface area contributed by atoms with Gasteiger partial charge in [-0.3, -0.25) is 0 Å². The molecule has 7 heteroatoms. The second-order valence-electron chi connectivity index (χ2n) is 2.68. The number of thiazole rings is 1. The van der Waals surface area contributed by atoms with Crippen LogP contribution in [0.15, 0.2) is 16.6 Å². The van der Waals surface area contributed by atoms with Crippen molar-refractivity contribution in [3.8, 4) is 5.75 Å². The fourth-order valence-corrected chi connectivity index (χ4v) is 2.48. The molecule has 0 aliphatic carbocycles. The van der Waals surface area contributed by atoms with Gasteiger partial charge in [-0.15, -0.1) is 0 Å². The van der Waals surface area contributed by atoms with Gasteiger partial charge in [0.1, 0.15) is 5.75 Å². The fraction of sp³-hybridized carbons (Fsp3) is 0.125. The normalized spacial score (nSPS) is 11.2. The molecule has 2 rings (SSSR count). The van der Waals surface area contributed by atoms with Gasteiger partial charge in [0.25, 0.3) is 0 Å². The highest BCUT2D eigenvalue weighted by Crippen LogP contribution is 2.34. The third kappa shape index (κ3) is 2.18. The number of alkyl halides is 2. The van der Waals surface area contributed by atoms with Crippen LogP contribution in [0.3, 0.4) is 0 Å². The van der Waals surface area contributed by atoms with Crippen LogP contribution in [0.4, 0.5) is 13.9 Å². The summed E-state index contributed by atoms with van der Waals surface area (Å²) in [7, 11) is 0. The minimum absolute atomic E-state index is 0.0581. The Kier molecular flexibility index (Phi) is 2.74. The molecule has 0 atom stereocenters. The number of anilines is 1. The summed E-state index contributed by atoms with van der Waals surface area (Å²) in [5.41, 5.74) is 6.05. The first-order valence-electron chi connectivity index (χ1n) is 3.86. The number of halogens is 3. The highest BCUT2D eigenvalue weighted by Gasteiger charge is 2.11. The number of hydrogen-bond donors (Lipinski definition) is 1. The fourth-order valence-electron chi connectivity index (χ4n) is 1.13. The van der Waals surface area contributed by atoms with Gasteiger partial charge in [-0.1, -0.05) is 11.3 Å². The molecular weight excluding hydrogens is 290 g/mol. The highest BCUT2D eigenvalue weighted by molar-refractivity contribution is 9.10. The van der Waals surface area contributed by atoms with E-state index in [1.54, 1.807) is 6.07 Å².